The minimum atomic E-state index is -3.69. The second kappa shape index (κ2) is 8.60. The average Bonchev–Trinajstić information content (AvgIpc) is 3.31. The first-order valence-electron chi connectivity index (χ1n) is 9.58. The monoisotopic (exact) mass is 462 g/mol. The van der Waals surface area contributed by atoms with Gasteiger partial charge in [-0.2, -0.15) is 4.31 Å². The number of benzene rings is 2. The minimum Gasteiger partial charge on any atom is -0.207 e. The second-order valence-electron chi connectivity index (χ2n) is 7.09. The SMILES string of the molecule is O=S(=O)(NC1CCN(S(=O)(=O)c2ccccc2-c2ccccc2)CC1)c1cccs1. The van der Waals surface area contributed by atoms with E-state index in [4.69, 9.17) is 0 Å². The molecule has 0 spiro atoms. The van der Waals surface area contributed by atoms with Crippen molar-refractivity contribution in [2.45, 2.75) is 28.0 Å². The van der Waals surface area contributed by atoms with Gasteiger partial charge in [-0.05, 0) is 35.9 Å². The third-order valence-corrected chi connectivity index (χ3v) is 10.0. The van der Waals surface area contributed by atoms with Gasteiger partial charge in [0.25, 0.3) is 0 Å². The highest BCUT2D eigenvalue weighted by Gasteiger charge is 2.32. The first-order valence-corrected chi connectivity index (χ1v) is 13.4. The number of rotatable bonds is 6. The number of piperidine rings is 1. The molecule has 9 heteroatoms. The van der Waals surface area contributed by atoms with Crippen LogP contribution in [0.2, 0.25) is 0 Å². The molecule has 4 rings (SSSR count). The first kappa shape index (κ1) is 21.2. The largest absolute Gasteiger partial charge is 0.250 e. The van der Waals surface area contributed by atoms with Crippen LogP contribution in [0.3, 0.4) is 0 Å². The molecule has 1 aromatic heterocycles. The Kier molecular flexibility index (Phi) is 6.08. The van der Waals surface area contributed by atoms with Gasteiger partial charge in [0.1, 0.15) is 4.21 Å². The molecule has 0 radical (unpaired) electrons. The highest BCUT2D eigenvalue weighted by Crippen LogP contribution is 2.30. The standard InChI is InChI=1S/C21H22N2O4S3/c24-29(25,21-11-6-16-28-21)22-18-12-14-23(15-13-18)30(26,27)20-10-5-4-9-19(20)17-7-2-1-3-8-17/h1-11,16,18,22H,12-15H2. The lowest BCUT2D eigenvalue weighted by Gasteiger charge is -2.31. The zero-order chi connectivity index (χ0) is 21.2. The molecule has 6 nitrogen and oxygen atoms in total. The van der Waals surface area contributed by atoms with Gasteiger partial charge in [-0.15, -0.1) is 11.3 Å². The van der Waals surface area contributed by atoms with E-state index >= 15 is 0 Å². The van der Waals surface area contributed by atoms with E-state index in [-0.39, 0.29) is 28.2 Å². The Morgan fingerprint density at radius 3 is 2.17 bits per heavy atom. The van der Waals surface area contributed by atoms with Crippen molar-refractivity contribution in [3.8, 4) is 11.1 Å². The van der Waals surface area contributed by atoms with Crippen LogP contribution in [0, 0.1) is 0 Å². The zero-order valence-electron chi connectivity index (χ0n) is 16.1. The van der Waals surface area contributed by atoms with Gasteiger partial charge in [-0.25, -0.2) is 21.6 Å². The summed E-state index contributed by atoms with van der Waals surface area (Å²) in [5, 5.41) is 1.72. The summed E-state index contributed by atoms with van der Waals surface area (Å²) in [6, 6.07) is 19.4. The van der Waals surface area contributed by atoms with Crippen LogP contribution in [-0.4, -0.2) is 40.3 Å². The maximum absolute atomic E-state index is 13.3. The molecule has 0 saturated carbocycles. The van der Waals surface area contributed by atoms with Gasteiger partial charge >= 0.3 is 0 Å². The van der Waals surface area contributed by atoms with Gasteiger partial charge in [0.2, 0.25) is 20.0 Å². The summed E-state index contributed by atoms with van der Waals surface area (Å²) in [6.45, 7) is 0.534. The molecule has 3 aromatic rings. The van der Waals surface area contributed by atoms with E-state index in [2.05, 4.69) is 4.72 Å². The molecule has 158 valence electrons. The van der Waals surface area contributed by atoms with Gasteiger partial charge in [-0.3, -0.25) is 0 Å². The smallest absolute Gasteiger partial charge is 0.207 e. The normalized spacial score (nSPS) is 16.5. The van der Waals surface area contributed by atoms with E-state index in [0.717, 1.165) is 16.9 Å². The van der Waals surface area contributed by atoms with Crippen LogP contribution in [0.4, 0.5) is 0 Å². The topological polar surface area (TPSA) is 83.6 Å². The van der Waals surface area contributed by atoms with Crippen molar-refractivity contribution in [1.82, 2.24) is 9.03 Å². The maximum atomic E-state index is 13.3. The Bertz CT molecular complexity index is 1200. The molecular formula is C21H22N2O4S3. The van der Waals surface area contributed by atoms with Crippen LogP contribution < -0.4 is 4.72 Å². The molecule has 1 aliphatic rings. The summed E-state index contributed by atoms with van der Waals surface area (Å²) in [5.74, 6) is 0. The second-order valence-corrected chi connectivity index (χ2v) is 11.9. The summed E-state index contributed by atoms with van der Waals surface area (Å²) in [7, 11) is -7.26. The van der Waals surface area contributed by atoms with Crippen LogP contribution in [0.5, 0.6) is 0 Å². The van der Waals surface area contributed by atoms with Crippen LogP contribution in [0.15, 0.2) is 81.2 Å². The van der Waals surface area contributed by atoms with Gasteiger partial charge in [0, 0.05) is 24.7 Å². The van der Waals surface area contributed by atoms with Gasteiger partial charge < -0.3 is 0 Å². The summed E-state index contributed by atoms with van der Waals surface area (Å²) >= 11 is 1.16. The molecule has 0 bridgehead atoms. The maximum Gasteiger partial charge on any atom is 0.250 e. The zero-order valence-corrected chi connectivity index (χ0v) is 18.6. The highest BCUT2D eigenvalue weighted by atomic mass is 32.2. The third kappa shape index (κ3) is 4.35. The lowest BCUT2D eigenvalue weighted by atomic mass is 10.1. The van der Waals surface area contributed by atoms with Crippen molar-refractivity contribution in [3.05, 3.63) is 72.1 Å². The lowest BCUT2D eigenvalue weighted by Crippen LogP contribution is -2.46. The Labute approximate surface area is 181 Å². The molecule has 0 aliphatic carbocycles. The van der Waals surface area contributed by atoms with Crippen molar-refractivity contribution in [3.63, 3.8) is 0 Å². The Morgan fingerprint density at radius 2 is 1.50 bits per heavy atom. The number of thiophene rings is 1. The molecule has 2 aromatic carbocycles. The van der Waals surface area contributed by atoms with E-state index in [1.807, 2.05) is 42.5 Å². The molecule has 1 N–H and O–H groups in total. The van der Waals surface area contributed by atoms with E-state index < -0.39 is 20.0 Å². The Morgan fingerprint density at radius 1 is 0.833 bits per heavy atom. The van der Waals surface area contributed by atoms with Gasteiger partial charge in [0.05, 0.1) is 4.90 Å². The minimum absolute atomic E-state index is 0.267. The van der Waals surface area contributed by atoms with Crippen LogP contribution in [0.25, 0.3) is 11.1 Å². The average molecular weight is 463 g/mol. The summed E-state index contributed by atoms with van der Waals surface area (Å²) < 4.78 is 56.0. The van der Waals surface area contributed by atoms with Crippen molar-refractivity contribution >= 4 is 31.4 Å². The predicted octanol–water partition coefficient (Wildman–Crippen LogP) is 3.55. The van der Waals surface area contributed by atoms with Gasteiger partial charge in [-0.1, -0.05) is 54.6 Å². The van der Waals surface area contributed by atoms with E-state index in [1.165, 1.54) is 4.31 Å². The van der Waals surface area contributed by atoms with Crippen molar-refractivity contribution < 1.29 is 16.8 Å². The molecular weight excluding hydrogens is 440 g/mol. The number of hydrogen-bond donors (Lipinski definition) is 1. The lowest BCUT2D eigenvalue weighted by molar-refractivity contribution is 0.308. The molecule has 30 heavy (non-hydrogen) atoms. The molecule has 1 saturated heterocycles. The molecule has 1 aliphatic heterocycles. The summed E-state index contributed by atoms with van der Waals surface area (Å²) in [6.07, 6.45) is 0.856. The fourth-order valence-corrected chi connectivity index (χ4v) is 7.59. The number of hydrogen-bond acceptors (Lipinski definition) is 5. The third-order valence-electron chi connectivity index (χ3n) is 5.13. The summed E-state index contributed by atoms with van der Waals surface area (Å²) in [4.78, 5) is 0.272. The Balaban J connectivity index is 1.50. The molecule has 1 fully saturated rings. The molecule has 0 atom stereocenters. The number of nitrogens with zero attached hydrogens (tertiary/aromatic N) is 1. The number of sulfonamides is 2. The van der Waals surface area contributed by atoms with Crippen molar-refractivity contribution in [1.29, 1.82) is 0 Å². The van der Waals surface area contributed by atoms with E-state index in [1.54, 1.807) is 29.6 Å². The quantitative estimate of drug-likeness (QED) is 0.607. The van der Waals surface area contributed by atoms with Crippen LogP contribution in [0.1, 0.15) is 12.8 Å². The van der Waals surface area contributed by atoms with E-state index in [9.17, 15) is 16.8 Å². The fraction of sp³-hybridized carbons (Fsp3) is 0.238. The van der Waals surface area contributed by atoms with Crippen LogP contribution >= 0.6 is 11.3 Å². The van der Waals surface area contributed by atoms with Gasteiger partial charge in [0.15, 0.2) is 0 Å². The number of nitrogens with one attached hydrogen (secondary N) is 1. The van der Waals surface area contributed by atoms with Crippen molar-refractivity contribution in [2.75, 3.05) is 13.1 Å². The predicted molar refractivity (Wildman–Crippen MR) is 118 cm³/mol. The highest BCUT2D eigenvalue weighted by molar-refractivity contribution is 7.91. The summed E-state index contributed by atoms with van der Waals surface area (Å²) in [5.41, 5.74) is 1.51. The molecule has 0 amide bonds. The van der Waals surface area contributed by atoms with E-state index in [0.29, 0.717) is 18.4 Å². The molecule has 0 unspecified atom stereocenters. The van der Waals surface area contributed by atoms with Crippen molar-refractivity contribution in [2.24, 2.45) is 0 Å². The fourth-order valence-electron chi connectivity index (χ4n) is 3.59. The first-order chi connectivity index (χ1) is 14.4. The van der Waals surface area contributed by atoms with Crippen LogP contribution in [-0.2, 0) is 20.0 Å². The molecule has 2 heterocycles. The Hall–Kier alpha value is -2.04.